The predicted octanol–water partition coefficient (Wildman–Crippen LogP) is -0.0226. The fourth-order valence-corrected chi connectivity index (χ4v) is 0.316. The average molecular weight is 131 g/mol. The van der Waals surface area contributed by atoms with E-state index in [9.17, 15) is 4.79 Å². The molecule has 1 amide bonds. The van der Waals surface area contributed by atoms with Gasteiger partial charge in [0.2, 0.25) is 0 Å². The van der Waals surface area contributed by atoms with Gasteiger partial charge in [-0.1, -0.05) is 0 Å². The average Bonchev–Trinajstić information content (AvgIpc) is 1.63. The highest BCUT2D eigenvalue weighted by atomic mass is 16.4. The molecule has 0 aromatic heterocycles. The number of carbonyl (C=O) groups is 1. The second kappa shape index (κ2) is 4.14. The van der Waals surface area contributed by atoms with E-state index in [0.29, 0.717) is 6.54 Å². The van der Waals surface area contributed by atoms with E-state index in [-0.39, 0.29) is 0 Å². The molecule has 0 atom stereocenters. The van der Waals surface area contributed by atoms with Crippen molar-refractivity contribution in [3.8, 4) is 0 Å². The van der Waals surface area contributed by atoms with Gasteiger partial charge in [-0.2, -0.15) is 0 Å². The van der Waals surface area contributed by atoms with Gasteiger partial charge in [-0.25, -0.2) is 4.79 Å². The Morgan fingerprint density at radius 2 is 2.33 bits per heavy atom. The molecule has 0 bridgehead atoms. The maximum atomic E-state index is 9.82. The minimum Gasteiger partial charge on any atom is -0.465 e. The summed E-state index contributed by atoms with van der Waals surface area (Å²) in [7, 11) is 3.72. The number of nitrogens with zero attached hydrogens (tertiary/aromatic N) is 1. The van der Waals surface area contributed by atoms with E-state index in [0.717, 1.165) is 0 Å². The summed E-state index contributed by atoms with van der Waals surface area (Å²) in [6.45, 7) is 2.09. The number of carboxylic acid groups (broad SMARTS) is 1. The van der Waals surface area contributed by atoms with Crippen molar-refractivity contribution in [2.75, 3.05) is 20.6 Å². The molecular formula is C5H11N2O2. The van der Waals surface area contributed by atoms with Gasteiger partial charge in [-0.15, -0.1) is 0 Å². The molecule has 0 heterocycles. The first-order valence-corrected chi connectivity index (χ1v) is 2.59. The molecule has 9 heavy (non-hydrogen) atoms. The predicted molar refractivity (Wildman–Crippen MR) is 34.0 cm³/mol. The lowest BCUT2D eigenvalue weighted by molar-refractivity contribution is 0.196. The van der Waals surface area contributed by atoms with Gasteiger partial charge in [0.15, 0.2) is 0 Å². The Morgan fingerprint density at radius 3 is 2.67 bits per heavy atom. The lowest BCUT2D eigenvalue weighted by Gasteiger charge is -2.06. The van der Waals surface area contributed by atoms with Crippen LogP contribution < -0.4 is 5.32 Å². The highest BCUT2D eigenvalue weighted by molar-refractivity contribution is 5.65. The smallest absolute Gasteiger partial charge is 0.404 e. The molecule has 1 radical (unpaired) electrons. The van der Waals surface area contributed by atoms with Crippen molar-refractivity contribution in [1.29, 1.82) is 0 Å². The summed E-state index contributed by atoms with van der Waals surface area (Å²) in [5.74, 6) is 0. The second-order valence-electron chi connectivity index (χ2n) is 1.92. The van der Waals surface area contributed by atoms with Crippen molar-refractivity contribution in [2.24, 2.45) is 0 Å². The van der Waals surface area contributed by atoms with Crippen LogP contribution in [0.25, 0.3) is 0 Å². The maximum absolute atomic E-state index is 9.82. The molecular weight excluding hydrogens is 120 g/mol. The zero-order valence-corrected chi connectivity index (χ0v) is 5.59. The summed E-state index contributed by atoms with van der Waals surface area (Å²) >= 11 is 0. The molecule has 4 heteroatoms. The summed E-state index contributed by atoms with van der Waals surface area (Å²) < 4.78 is 0. The van der Waals surface area contributed by atoms with Crippen LogP contribution in [0.15, 0.2) is 0 Å². The molecule has 53 valence electrons. The van der Waals surface area contributed by atoms with E-state index in [1.54, 1.807) is 0 Å². The topological polar surface area (TPSA) is 52.6 Å². The molecule has 0 aromatic carbocycles. The molecule has 0 aliphatic heterocycles. The summed E-state index contributed by atoms with van der Waals surface area (Å²) in [6.07, 6.45) is -1.02. The third-order valence-electron chi connectivity index (χ3n) is 0.682. The summed E-state index contributed by atoms with van der Waals surface area (Å²) in [5, 5.41) is 10.2. The number of hydrogen-bond donors (Lipinski definition) is 2. The van der Waals surface area contributed by atoms with Crippen molar-refractivity contribution in [3.05, 3.63) is 6.54 Å². The Labute approximate surface area is 54.5 Å². The number of rotatable bonds is 3. The molecule has 0 unspecified atom stereocenters. The Bertz CT molecular complexity index is 93.0. The van der Waals surface area contributed by atoms with Crippen LogP contribution in [0.3, 0.4) is 0 Å². The van der Waals surface area contributed by atoms with Gasteiger partial charge in [0.25, 0.3) is 0 Å². The Balaban J connectivity index is 3.01. The van der Waals surface area contributed by atoms with Crippen LogP contribution >= 0.6 is 0 Å². The van der Waals surface area contributed by atoms with Crippen LogP contribution in [0.1, 0.15) is 0 Å². The molecule has 0 saturated carbocycles. The van der Waals surface area contributed by atoms with Crippen LogP contribution in [0.2, 0.25) is 0 Å². The quantitative estimate of drug-likeness (QED) is 0.565. The molecule has 0 rings (SSSR count). The van der Waals surface area contributed by atoms with Gasteiger partial charge < -0.3 is 15.3 Å². The highest BCUT2D eigenvalue weighted by Gasteiger charge is 1.93. The van der Waals surface area contributed by atoms with Crippen LogP contribution in [0.4, 0.5) is 4.79 Å². The second-order valence-corrected chi connectivity index (χ2v) is 1.92. The van der Waals surface area contributed by atoms with E-state index < -0.39 is 6.09 Å². The van der Waals surface area contributed by atoms with Crippen molar-refractivity contribution >= 4 is 6.09 Å². The highest BCUT2D eigenvalue weighted by Crippen LogP contribution is 1.75. The van der Waals surface area contributed by atoms with Crippen LogP contribution in [-0.4, -0.2) is 36.7 Å². The van der Waals surface area contributed by atoms with Gasteiger partial charge >= 0.3 is 6.09 Å². The lowest BCUT2D eigenvalue weighted by atomic mass is 10.6. The van der Waals surface area contributed by atoms with Crippen molar-refractivity contribution in [1.82, 2.24) is 10.2 Å². The van der Waals surface area contributed by atoms with E-state index in [1.165, 1.54) is 6.54 Å². The largest absolute Gasteiger partial charge is 0.465 e. The van der Waals surface area contributed by atoms with Crippen molar-refractivity contribution in [2.45, 2.75) is 0 Å². The van der Waals surface area contributed by atoms with Gasteiger partial charge in [0.1, 0.15) is 0 Å². The van der Waals surface area contributed by atoms with Crippen LogP contribution in [0, 0.1) is 6.54 Å². The minimum atomic E-state index is -1.02. The molecule has 0 fully saturated rings. The Kier molecular flexibility index (Phi) is 3.79. The number of hydrogen-bond acceptors (Lipinski definition) is 2. The number of likely N-dealkylation sites (N-methyl/N-ethyl adjacent to an activating group) is 1. The molecule has 0 aromatic rings. The fraction of sp³-hybridized carbons (Fsp3) is 0.600. The van der Waals surface area contributed by atoms with Crippen molar-refractivity contribution in [3.63, 3.8) is 0 Å². The maximum Gasteiger partial charge on any atom is 0.404 e. The molecule has 0 aliphatic carbocycles. The molecule has 0 saturated heterocycles. The normalized spacial score (nSPS) is 9.67. The van der Waals surface area contributed by atoms with Crippen molar-refractivity contribution < 1.29 is 9.90 Å². The number of amides is 1. The zero-order valence-electron chi connectivity index (χ0n) is 5.59. The van der Waals surface area contributed by atoms with Gasteiger partial charge in [0.05, 0.1) is 6.54 Å². The summed E-state index contributed by atoms with van der Waals surface area (Å²) in [5.41, 5.74) is 0. The fourth-order valence-electron chi connectivity index (χ4n) is 0.316. The van der Waals surface area contributed by atoms with Crippen LogP contribution in [0.5, 0.6) is 0 Å². The van der Waals surface area contributed by atoms with Gasteiger partial charge in [-0.3, -0.25) is 0 Å². The summed E-state index contributed by atoms with van der Waals surface area (Å²) in [6, 6.07) is 0. The first-order valence-electron chi connectivity index (χ1n) is 2.59. The van der Waals surface area contributed by atoms with Crippen LogP contribution in [-0.2, 0) is 0 Å². The summed E-state index contributed by atoms with van der Waals surface area (Å²) in [4.78, 5) is 11.7. The molecule has 2 N–H and O–H groups in total. The first-order chi connectivity index (χ1) is 4.13. The molecule has 0 spiro atoms. The van der Waals surface area contributed by atoms with E-state index in [1.807, 2.05) is 19.0 Å². The minimum absolute atomic E-state index is 0.617. The molecule has 4 nitrogen and oxygen atoms in total. The Morgan fingerprint density at radius 1 is 1.78 bits per heavy atom. The monoisotopic (exact) mass is 131 g/mol. The van der Waals surface area contributed by atoms with E-state index in [2.05, 4.69) is 5.32 Å². The van der Waals surface area contributed by atoms with E-state index >= 15 is 0 Å². The lowest BCUT2D eigenvalue weighted by Crippen LogP contribution is -2.25. The first kappa shape index (κ1) is 8.23. The van der Waals surface area contributed by atoms with Gasteiger partial charge in [0, 0.05) is 6.54 Å². The van der Waals surface area contributed by atoms with Gasteiger partial charge in [-0.05, 0) is 14.1 Å². The third kappa shape index (κ3) is 7.23. The third-order valence-corrected chi connectivity index (χ3v) is 0.682. The standard InChI is InChI=1S/C5H11N2O2/c1-7(2)4-3-6-5(8)9/h3,6H,4H2,1-2H3,(H,8,9). The number of nitrogens with one attached hydrogen (secondary N) is 1. The van der Waals surface area contributed by atoms with E-state index in [4.69, 9.17) is 5.11 Å². The molecule has 0 aliphatic rings. The Hall–Kier alpha value is -0.770. The SMILES string of the molecule is CN(C)C[CH]NC(=O)O. The zero-order chi connectivity index (χ0) is 7.28.